The van der Waals surface area contributed by atoms with E-state index in [1.807, 2.05) is 78.9 Å². The molecule has 0 fully saturated rings. The second-order valence-corrected chi connectivity index (χ2v) is 7.29. The van der Waals surface area contributed by atoms with Gasteiger partial charge in [-0.3, -0.25) is 0 Å². The smallest absolute Gasteiger partial charge is 0.341 e. The summed E-state index contributed by atoms with van der Waals surface area (Å²) in [6, 6.07) is 38.2. The molecule has 0 aliphatic heterocycles. The van der Waals surface area contributed by atoms with Crippen LogP contribution in [0.15, 0.2) is 124 Å². The van der Waals surface area contributed by atoms with Crippen molar-refractivity contribution in [3.63, 3.8) is 0 Å². The van der Waals surface area contributed by atoms with Crippen LogP contribution in [0.25, 0.3) is 22.1 Å². The van der Waals surface area contributed by atoms with Gasteiger partial charge in [-0.05, 0) is 22.8 Å². The fourth-order valence-electron chi connectivity index (χ4n) is 4.16. The molecule has 0 atom stereocenters. The van der Waals surface area contributed by atoms with Crippen molar-refractivity contribution in [1.29, 1.82) is 0 Å². The number of para-hydroxylation sites is 1. The van der Waals surface area contributed by atoms with E-state index in [2.05, 4.69) is 36.4 Å². The van der Waals surface area contributed by atoms with Crippen molar-refractivity contribution in [1.82, 2.24) is 0 Å². The van der Waals surface area contributed by atoms with E-state index < -0.39 is 0 Å². The zero-order valence-corrected chi connectivity index (χ0v) is 16.4. The Morgan fingerprint density at radius 3 is 1.67 bits per heavy atom. The average Bonchev–Trinajstić information content (AvgIpc) is 2.81. The van der Waals surface area contributed by atoms with Gasteiger partial charge in [-0.1, -0.05) is 109 Å². The molecule has 2 heteroatoms. The van der Waals surface area contributed by atoms with Gasteiger partial charge in [0.25, 0.3) is 0 Å². The van der Waals surface area contributed by atoms with Crippen molar-refractivity contribution in [2.24, 2.45) is 0 Å². The van der Waals surface area contributed by atoms with Crippen molar-refractivity contribution >= 4 is 11.0 Å². The lowest BCUT2D eigenvalue weighted by Gasteiger charge is -2.22. The van der Waals surface area contributed by atoms with Crippen LogP contribution in [0.3, 0.4) is 0 Å². The Morgan fingerprint density at radius 1 is 0.567 bits per heavy atom. The van der Waals surface area contributed by atoms with Crippen LogP contribution in [0.2, 0.25) is 0 Å². The summed E-state index contributed by atoms with van der Waals surface area (Å²) in [5.41, 5.74) is 5.02. The van der Waals surface area contributed by atoms with Gasteiger partial charge >= 0.3 is 5.63 Å². The maximum absolute atomic E-state index is 13.4. The predicted octanol–water partition coefficient (Wildman–Crippen LogP) is 6.64. The van der Waals surface area contributed by atoms with Crippen LogP contribution in [-0.2, 0) is 0 Å². The summed E-state index contributed by atoms with van der Waals surface area (Å²) in [6.07, 6.45) is 0. The standard InChI is InChI=1S/C28H20O2/c29-28-27(25(20-12-4-1-5-13-20)21-14-6-2-7-15-21)26(22-16-8-3-9-17-22)23-18-10-11-19-24(23)30-28/h1-19,25H. The van der Waals surface area contributed by atoms with Crippen molar-refractivity contribution in [2.45, 2.75) is 5.92 Å². The molecule has 30 heavy (non-hydrogen) atoms. The largest absolute Gasteiger partial charge is 0.422 e. The summed E-state index contributed by atoms with van der Waals surface area (Å²) in [5.74, 6) is -0.233. The van der Waals surface area contributed by atoms with Crippen LogP contribution in [0, 0.1) is 0 Å². The number of benzene rings is 4. The van der Waals surface area contributed by atoms with Crippen molar-refractivity contribution in [2.75, 3.05) is 0 Å². The van der Waals surface area contributed by atoms with E-state index in [1.165, 1.54) is 0 Å². The Labute approximate surface area is 175 Å². The summed E-state index contributed by atoms with van der Waals surface area (Å²) in [5, 5.41) is 0.940. The topological polar surface area (TPSA) is 30.2 Å². The van der Waals surface area contributed by atoms with Gasteiger partial charge in [-0.15, -0.1) is 0 Å². The minimum Gasteiger partial charge on any atom is -0.422 e. The van der Waals surface area contributed by atoms with Crippen molar-refractivity contribution in [3.8, 4) is 11.1 Å². The number of fused-ring (bicyclic) bond motifs is 1. The normalized spacial score (nSPS) is 11.1. The summed E-state index contributed by atoms with van der Waals surface area (Å²) < 4.78 is 5.82. The lowest BCUT2D eigenvalue weighted by atomic mass is 9.81. The van der Waals surface area contributed by atoms with E-state index in [9.17, 15) is 4.79 Å². The molecule has 0 radical (unpaired) electrons. The van der Waals surface area contributed by atoms with Crippen LogP contribution in [0.5, 0.6) is 0 Å². The Morgan fingerprint density at radius 2 is 1.07 bits per heavy atom. The quantitative estimate of drug-likeness (QED) is 0.323. The highest BCUT2D eigenvalue weighted by Crippen LogP contribution is 2.39. The molecule has 0 saturated heterocycles. The Balaban J connectivity index is 1.91. The highest BCUT2D eigenvalue weighted by molar-refractivity contribution is 5.95. The van der Waals surface area contributed by atoms with Gasteiger partial charge in [-0.2, -0.15) is 0 Å². The van der Waals surface area contributed by atoms with Gasteiger partial charge in [0.05, 0.1) is 5.56 Å². The number of hydrogen-bond donors (Lipinski definition) is 0. The third-order valence-electron chi connectivity index (χ3n) is 5.47. The van der Waals surface area contributed by atoms with E-state index in [0.717, 1.165) is 27.6 Å². The van der Waals surface area contributed by atoms with Gasteiger partial charge < -0.3 is 4.42 Å². The molecule has 0 bridgehead atoms. The molecular weight excluding hydrogens is 368 g/mol. The van der Waals surface area contributed by atoms with E-state index in [4.69, 9.17) is 4.42 Å². The van der Waals surface area contributed by atoms with Gasteiger partial charge in [0.15, 0.2) is 0 Å². The third-order valence-corrected chi connectivity index (χ3v) is 5.47. The second kappa shape index (κ2) is 7.84. The summed E-state index contributed by atoms with van der Waals surface area (Å²) in [6.45, 7) is 0. The van der Waals surface area contributed by atoms with E-state index in [-0.39, 0.29) is 11.5 Å². The molecule has 0 saturated carbocycles. The van der Waals surface area contributed by atoms with Crippen LogP contribution in [0.4, 0.5) is 0 Å². The van der Waals surface area contributed by atoms with Crippen molar-refractivity contribution in [3.05, 3.63) is 142 Å². The summed E-state index contributed by atoms with van der Waals surface area (Å²) in [7, 11) is 0. The molecule has 4 aromatic carbocycles. The van der Waals surface area contributed by atoms with E-state index in [1.54, 1.807) is 0 Å². The summed E-state index contributed by atoms with van der Waals surface area (Å²) >= 11 is 0. The molecule has 5 rings (SSSR count). The van der Waals surface area contributed by atoms with Crippen LogP contribution < -0.4 is 5.63 Å². The summed E-state index contributed by atoms with van der Waals surface area (Å²) in [4.78, 5) is 13.4. The fourth-order valence-corrected chi connectivity index (χ4v) is 4.16. The maximum Gasteiger partial charge on any atom is 0.341 e. The zero-order chi connectivity index (χ0) is 20.3. The first-order chi connectivity index (χ1) is 14.8. The molecule has 0 aliphatic carbocycles. The molecule has 0 N–H and O–H groups in total. The predicted molar refractivity (Wildman–Crippen MR) is 122 cm³/mol. The van der Waals surface area contributed by atoms with Gasteiger partial charge in [0, 0.05) is 16.9 Å². The highest BCUT2D eigenvalue weighted by atomic mass is 16.4. The Hall–Kier alpha value is -3.91. The fraction of sp³-hybridized carbons (Fsp3) is 0.0357. The lowest BCUT2D eigenvalue weighted by molar-refractivity contribution is 0.549. The SMILES string of the molecule is O=c1oc2ccccc2c(-c2ccccc2)c1C(c1ccccc1)c1ccccc1. The molecule has 5 aromatic rings. The third kappa shape index (κ3) is 3.23. The van der Waals surface area contributed by atoms with Gasteiger partial charge in [0.1, 0.15) is 5.58 Å². The van der Waals surface area contributed by atoms with E-state index >= 15 is 0 Å². The van der Waals surface area contributed by atoms with Crippen LogP contribution in [-0.4, -0.2) is 0 Å². The monoisotopic (exact) mass is 388 g/mol. The zero-order valence-electron chi connectivity index (χ0n) is 16.4. The first-order valence-electron chi connectivity index (χ1n) is 10.0. The number of hydrogen-bond acceptors (Lipinski definition) is 2. The molecule has 2 nitrogen and oxygen atoms in total. The maximum atomic E-state index is 13.4. The minimum absolute atomic E-state index is 0.233. The van der Waals surface area contributed by atoms with Crippen LogP contribution in [0.1, 0.15) is 22.6 Å². The molecule has 0 spiro atoms. The molecular formula is C28H20O2. The minimum atomic E-state index is -0.301. The molecule has 144 valence electrons. The Bertz CT molecular complexity index is 1300. The molecule has 1 aromatic heterocycles. The lowest BCUT2D eigenvalue weighted by Crippen LogP contribution is -2.17. The van der Waals surface area contributed by atoms with Gasteiger partial charge in [0.2, 0.25) is 0 Å². The number of rotatable bonds is 4. The molecule has 0 aliphatic rings. The first-order valence-corrected chi connectivity index (χ1v) is 10.0. The molecule has 1 heterocycles. The van der Waals surface area contributed by atoms with Crippen LogP contribution >= 0.6 is 0 Å². The van der Waals surface area contributed by atoms with Gasteiger partial charge in [-0.25, -0.2) is 4.79 Å². The Kier molecular flexibility index (Phi) is 4.74. The van der Waals surface area contributed by atoms with E-state index in [0.29, 0.717) is 11.1 Å². The first kappa shape index (κ1) is 18.1. The average molecular weight is 388 g/mol. The second-order valence-electron chi connectivity index (χ2n) is 7.29. The highest BCUT2D eigenvalue weighted by Gasteiger charge is 2.26. The molecule has 0 amide bonds. The van der Waals surface area contributed by atoms with Crippen molar-refractivity contribution < 1.29 is 4.42 Å². The molecule has 0 unspecified atom stereocenters.